The smallest absolute Gasteiger partial charge is 0.124 e. The number of thiophene rings is 1. The Morgan fingerprint density at radius 2 is 2.21 bits per heavy atom. The van der Waals surface area contributed by atoms with Crippen molar-refractivity contribution in [2.45, 2.75) is 17.4 Å². The fourth-order valence-electron chi connectivity index (χ4n) is 1.70. The lowest BCUT2D eigenvalue weighted by atomic mass is 10.2. The molecule has 19 heavy (non-hydrogen) atoms. The molecule has 0 spiro atoms. The Labute approximate surface area is 126 Å². The van der Waals surface area contributed by atoms with Gasteiger partial charge in [0, 0.05) is 21.6 Å². The van der Waals surface area contributed by atoms with E-state index in [0.717, 1.165) is 21.4 Å². The molecule has 2 aromatic rings. The van der Waals surface area contributed by atoms with Crippen LogP contribution in [0.25, 0.3) is 0 Å². The Balaban J connectivity index is 1.89. The molecule has 1 heterocycles. The Hall–Kier alpha value is -0.550. The summed E-state index contributed by atoms with van der Waals surface area (Å²) in [5.41, 5.74) is 0. The van der Waals surface area contributed by atoms with Gasteiger partial charge in [-0.1, -0.05) is 17.7 Å². The fraction of sp³-hybridized carbons (Fsp3) is 0.286. The minimum Gasteiger partial charge on any atom is -0.316 e. The second-order valence-corrected chi connectivity index (χ2v) is 7.06. The van der Waals surface area contributed by atoms with Crippen LogP contribution in [-0.2, 0) is 6.42 Å². The predicted molar refractivity (Wildman–Crippen MR) is 83.0 cm³/mol. The molecule has 1 nitrogen and oxygen atoms in total. The van der Waals surface area contributed by atoms with Crippen molar-refractivity contribution in [3.8, 4) is 0 Å². The van der Waals surface area contributed by atoms with E-state index < -0.39 is 0 Å². The molecule has 0 aliphatic carbocycles. The maximum atomic E-state index is 13.1. The van der Waals surface area contributed by atoms with Gasteiger partial charge in [-0.2, -0.15) is 0 Å². The number of benzene rings is 1. The van der Waals surface area contributed by atoms with E-state index in [4.69, 9.17) is 11.6 Å². The van der Waals surface area contributed by atoms with Crippen molar-refractivity contribution in [3.05, 3.63) is 51.4 Å². The van der Waals surface area contributed by atoms with E-state index in [1.165, 1.54) is 10.9 Å². The molecule has 5 heteroatoms. The molecule has 0 aliphatic rings. The molecule has 0 radical (unpaired) electrons. The molecular formula is C14H15ClFNS2. The first-order valence-electron chi connectivity index (χ1n) is 5.97. The summed E-state index contributed by atoms with van der Waals surface area (Å²) in [5.74, 6) is 0.714. The van der Waals surface area contributed by atoms with Crippen molar-refractivity contribution in [1.82, 2.24) is 5.32 Å². The highest BCUT2D eigenvalue weighted by Gasteiger charge is 2.10. The van der Waals surface area contributed by atoms with Crippen LogP contribution >= 0.6 is 34.7 Å². The first-order chi connectivity index (χ1) is 9.17. The topological polar surface area (TPSA) is 12.0 Å². The Kier molecular flexibility index (Phi) is 5.70. The maximum Gasteiger partial charge on any atom is 0.124 e. The number of halogens is 2. The molecule has 0 saturated heterocycles. The number of hydrogen-bond donors (Lipinski definition) is 1. The van der Waals surface area contributed by atoms with Gasteiger partial charge in [0.05, 0.1) is 4.34 Å². The summed E-state index contributed by atoms with van der Waals surface area (Å²) >= 11 is 9.20. The van der Waals surface area contributed by atoms with Crippen molar-refractivity contribution in [2.24, 2.45) is 0 Å². The van der Waals surface area contributed by atoms with Gasteiger partial charge < -0.3 is 5.32 Å². The van der Waals surface area contributed by atoms with Crippen molar-refractivity contribution in [2.75, 3.05) is 12.8 Å². The molecule has 2 rings (SSSR count). The third kappa shape index (κ3) is 4.80. The minimum atomic E-state index is -0.184. The lowest BCUT2D eigenvalue weighted by molar-refractivity contribution is 0.619. The lowest BCUT2D eigenvalue weighted by Crippen LogP contribution is -2.29. The van der Waals surface area contributed by atoms with Crippen LogP contribution in [0, 0.1) is 5.82 Å². The van der Waals surface area contributed by atoms with Gasteiger partial charge in [0.2, 0.25) is 0 Å². The summed E-state index contributed by atoms with van der Waals surface area (Å²) in [5, 5.41) is 3.29. The number of nitrogens with one attached hydrogen (secondary N) is 1. The van der Waals surface area contributed by atoms with Gasteiger partial charge in [-0.05, 0) is 43.8 Å². The van der Waals surface area contributed by atoms with E-state index in [0.29, 0.717) is 6.04 Å². The van der Waals surface area contributed by atoms with E-state index in [1.807, 2.05) is 19.2 Å². The van der Waals surface area contributed by atoms with Crippen LogP contribution in [0.15, 0.2) is 41.3 Å². The monoisotopic (exact) mass is 315 g/mol. The Morgan fingerprint density at radius 1 is 1.37 bits per heavy atom. The molecule has 0 fully saturated rings. The van der Waals surface area contributed by atoms with Gasteiger partial charge in [-0.3, -0.25) is 0 Å². The largest absolute Gasteiger partial charge is 0.316 e. The normalized spacial score (nSPS) is 12.6. The summed E-state index contributed by atoms with van der Waals surface area (Å²) < 4.78 is 13.9. The predicted octanol–water partition coefficient (Wildman–Crippen LogP) is 4.46. The molecule has 0 bridgehead atoms. The zero-order valence-corrected chi connectivity index (χ0v) is 12.9. The van der Waals surface area contributed by atoms with Crippen molar-refractivity contribution < 1.29 is 4.39 Å². The second kappa shape index (κ2) is 7.29. The first-order valence-corrected chi connectivity index (χ1v) is 8.15. The van der Waals surface area contributed by atoms with Gasteiger partial charge >= 0.3 is 0 Å². The van der Waals surface area contributed by atoms with Gasteiger partial charge in [-0.15, -0.1) is 23.1 Å². The van der Waals surface area contributed by atoms with Crippen LogP contribution in [0.3, 0.4) is 0 Å². The summed E-state index contributed by atoms with van der Waals surface area (Å²) in [6.07, 6.45) is 0.941. The Bertz CT molecular complexity index is 530. The zero-order chi connectivity index (χ0) is 13.7. The quantitative estimate of drug-likeness (QED) is 0.790. The molecule has 1 unspecified atom stereocenters. The number of hydrogen-bond acceptors (Lipinski definition) is 3. The van der Waals surface area contributed by atoms with Gasteiger partial charge in [0.25, 0.3) is 0 Å². The molecule has 1 N–H and O–H groups in total. The molecule has 1 aromatic heterocycles. The summed E-state index contributed by atoms with van der Waals surface area (Å²) in [7, 11) is 1.95. The molecular weight excluding hydrogens is 301 g/mol. The maximum absolute atomic E-state index is 13.1. The second-order valence-electron chi connectivity index (χ2n) is 4.16. The average Bonchev–Trinajstić information content (AvgIpc) is 2.80. The third-order valence-electron chi connectivity index (χ3n) is 2.73. The molecule has 0 aliphatic heterocycles. The standard InChI is InChI=1S/C14H15ClFNS2/c1-17-11(8-13-5-6-14(15)19-13)9-18-12-4-2-3-10(16)7-12/h2-7,11,17H,8-9H2,1H3. The molecule has 0 saturated carbocycles. The average molecular weight is 316 g/mol. The van der Waals surface area contributed by atoms with Crippen LogP contribution in [-0.4, -0.2) is 18.8 Å². The highest BCUT2D eigenvalue weighted by molar-refractivity contribution is 7.99. The third-order valence-corrected chi connectivity index (χ3v) is 5.14. The van der Waals surface area contributed by atoms with Crippen LogP contribution < -0.4 is 5.32 Å². The highest BCUT2D eigenvalue weighted by atomic mass is 35.5. The number of thioether (sulfide) groups is 1. The number of rotatable bonds is 6. The van der Waals surface area contributed by atoms with Crippen LogP contribution in [0.4, 0.5) is 4.39 Å². The Morgan fingerprint density at radius 3 is 2.84 bits per heavy atom. The lowest BCUT2D eigenvalue weighted by Gasteiger charge is -2.14. The van der Waals surface area contributed by atoms with E-state index in [1.54, 1.807) is 35.2 Å². The molecule has 102 valence electrons. The fourth-order valence-corrected chi connectivity index (χ4v) is 3.92. The molecule has 0 amide bonds. The van der Waals surface area contributed by atoms with Gasteiger partial charge in [0.15, 0.2) is 0 Å². The molecule has 1 aromatic carbocycles. The van der Waals surface area contributed by atoms with Crippen LogP contribution in [0.1, 0.15) is 4.88 Å². The van der Waals surface area contributed by atoms with Gasteiger partial charge in [-0.25, -0.2) is 4.39 Å². The van der Waals surface area contributed by atoms with Crippen LogP contribution in [0.2, 0.25) is 4.34 Å². The van der Waals surface area contributed by atoms with Crippen molar-refractivity contribution >= 4 is 34.7 Å². The van der Waals surface area contributed by atoms with E-state index in [-0.39, 0.29) is 5.82 Å². The van der Waals surface area contributed by atoms with Crippen molar-refractivity contribution in [3.63, 3.8) is 0 Å². The van der Waals surface area contributed by atoms with E-state index in [2.05, 4.69) is 11.4 Å². The summed E-state index contributed by atoms with van der Waals surface area (Å²) in [4.78, 5) is 2.23. The van der Waals surface area contributed by atoms with Crippen molar-refractivity contribution in [1.29, 1.82) is 0 Å². The van der Waals surface area contributed by atoms with E-state index in [9.17, 15) is 4.39 Å². The molecule has 1 atom stereocenters. The minimum absolute atomic E-state index is 0.184. The highest BCUT2D eigenvalue weighted by Crippen LogP contribution is 2.25. The van der Waals surface area contributed by atoms with Gasteiger partial charge in [0.1, 0.15) is 5.82 Å². The first kappa shape index (κ1) is 14.9. The van der Waals surface area contributed by atoms with Crippen LogP contribution in [0.5, 0.6) is 0 Å². The van der Waals surface area contributed by atoms with E-state index >= 15 is 0 Å². The summed E-state index contributed by atoms with van der Waals surface area (Å²) in [6, 6.07) is 11.0. The summed E-state index contributed by atoms with van der Waals surface area (Å²) in [6.45, 7) is 0. The SMILES string of the molecule is CNC(CSc1cccc(F)c1)Cc1ccc(Cl)s1. The zero-order valence-electron chi connectivity index (χ0n) is 10.5. The number of likely N-dealkylation sites (N-methyl/N-ethyl adjacent to an activating group) is 1.